The van der Waals surface area contributed by atoms with E-state index in [0.717, 1.165) is 13.1 Å². The summed E-state index contributed by atoms with van der Waals surface area (Å²) in [7, 11) is 1.98. The van der Waals surface area contributed by atoms with Crippen LogP contribution in [-0.2, 0) is 9.59 Å². The van der Waals surface area contributed by atoms with Crippen molar-refractivity contribution in [3.05, 3.63) is 0 Å². The molecule has 0 radical (unpaired) electrons. The zero-order valence-corrected chi connectivity index (χ0v) is 9.27. The van der Waals surface area contributed by atoms with Gasteiger partial charge < -0.3 is 14.9 Å². The van der Waals surface area contributed by atoms with Gasteiger partial charge in [0.15, 0.2) is 0 Å². The maximum atomic E-state index is 11.4. The normalized spacial score (nSPS) is 21.4. The molecule has 1 heterocycles. The molecular formula is C10H18N2O3. The first-order valence-electron chi connectivity index (χ1n) is 5.23. The number of carboxylic acid groups (broad SMARTS) is 1. The topological polar surface area (TPSA) is 60.9 Å². The molecule has 5 heteroatoms. The highest BCUT2D eigenvalue weighted by atomic mass is 16.4. The van der Waals surface area contributed by atoms with E-state index in [4.69, 9.17) is 5.11 Å². The standard InChI is InChI=1S/C10H18N2O3/c1-3-11(2)4-5-12-7-8(10(14)15)6-9(12)13/h8H,3-7H2,1-2H3,(H,14,15). The third-order valence-electron chi connectivity index (χ3n) is 2.86. The van der Waals surface area contributed by atoms with Crippen LogP contribution in [-0.4, -0.2) is 60.0 Å². The van der Waals surface area contributed by atoms with E-state index in [0.29, 0.717) is 13.1 Å². The predicted molar refractivity (Wildman–Crippen MR) is 55.5 cm³/mol. The molecule has 15 heavy (non-hydrogen) atoms. The summed E-state index contributed by atoms with van der Waals surface area (Å²) in [5.74, 6) is -1.41. The molecule has 0 aromatic carbocycles. The summed E-state index contributed by atoms with van der Waals surface area (Å²) in [5.41, 5.74) is 0. The van der Waals surface area contributed by atoms with Crippen LogP contribution < -0.4 is 0 Å². The Hall–Kier alpha value is -1.10. The van der Waals surface area contributed by atoms with Crippen molar-refractivity contribution in [3.8, 4) is 0 Å². The first-order valence-corrected chi connectivity index (χ1v) is 5.23. The monoisotopic (exact) mass is 214 g/mol. The lowest BCUT2D eigenvalue weighted by Gasteiger charge is -2.20. The van der Waals surface area contributed by atoms with Crippen molar-refractivity contribution >= 4 is 11.9 Å². The molecule has 0 spiro atoms. The number of likely N-dealkylation sites (tertiary alicyclic amines) is 1. The molecule has 1 rings (SSSR count). The molecule has 1 saturated heterocycles. The van der Waals surface area contributed by atoms with Gasteiger partial charge in [-0.2, -0.15) is 0 Å². The van der Waals surface area contributed by atoms with Crippen molar-refractivity contribution in [1.29, 1.82) is 0 Å². The van der Waals surface area contributed by atoms with Gasteiger partial charge in [0, 0.05) is 26.1 Å². The average molecular weight is 214 g/mol. The Labute approximate surface area is 89.7 Å². The van der Waals surface area contributed by atoms with Gasteiger partial charge in [-0.05, 0) is 13.6 Å². The highest BCUT2D eigenvalue weighted by molar-refractivity contribution is 5.86. The summed E-state index contributed by atoms with van der Waals surface area (Å²) in [4.78, 5) is 25.9. The summed E-state index contributed by atoms with van der Waals surface area (Å²) < 4.78 is 0. The van der Waals surface area contributed by atoms with Crippen LogP contribution in [0.2, 0.25) is 0 Å². The van der Waals surface area contributed by atoms with Gasteiger partial charge in [0.25, 0.3) is 0 Å². The van der Waals surface area contributed by atoms with Gasteiger partial charge in [0.05, 0.1) is 5.92 Å². The van der Waals surface area contributed by atoms with Crippen molar-refractivity contribution in [3.63, 3.8) is 0 Å². The van der Waals surface area contributed by atoms with Gasteiger partial charge in [0.2, 0.25) is 5.91 Å². The van der Waals surface area contributed by atoms with Gasteiger partial charge in [-0.25, -0.2) is 0 Å². The Balaban J connectivity index is 2.37. The number of carbonyl (C=O) groups is 2. The molecule has 1 aliphatic rings. The first kappa shape index (κ1) is 12.0. The number of hydrogen-bond acceptors (Lipinski definition) is 3. The number of carbonyl (C=O) groups excluding carboxylic acids is 1. The Kier molecular flexibility index (Phi) is 4.08. The van der Waals surface area contributed by atoms with Crippen molar-refractivity contribution in [1.82, 2.24) is 9.80 Å². The molecule has 5 nitrogen and oxygen atoms in total. The van der Waals surface area contributed by atoms with Gasteiger partial charge >= 0.3 is 5.97 Å². The van der Waals surface area contributed by atoms with Crippen LogP contribution in [0.3, 0.4) is 0 Å². The maximum Gasteiger partial charge on any atom is 0.308 e. The average Bonchev–Trinajstić information content (AvgIpc) is 2.56. The Morgan fingerprint density at radius 3 is 2.80 bits per heavy atom. The molecule has 86 valence electrons. The number of amides is 1. The molecule has 0 saturated carbocycles. The molecular weight excluding hydrogens is 196 g/mol. The Morgan fingerprint density at radius 2 is 2.33 bits per heavy atom. The fraction of sp³-hybridized carbons (Fsp3) is 0.800. The molecule has 1 unspecified atom stereocenters. The Morgan fingerprint density at radius 1 is 1.67 bits per heavy atom. The summed E-state index contributed by atoms with van der Waals surface area (Å²) in [5, 5.41) is 8.78. The largest absolute Gasteiger partial charge is 0.481 e. The highest BCUT2D eigenvalue weighted by Gasteiger charge is 2.33. The van der Waals surface area contributed by atoms with Crippen molar-refractivity contribution in [2.45, 2.75) is 13.3 Å². The second kappa shape index (κ2) is 5.11. The minimum absolute atomic E-state index is 0.0353. The molecule has 1 fully saturated rings. The van der Waals surface area contributed by atoms with Crippen LogP contribution in [0.15, 0.2) is 0 Å². The van der Waals surface area contributed by atoms with Gasteiger partial charge in [-0.15, -0.1) is 0 Å². The summed E-state index contributed by atoms with van der Waals surface area (Å²) >= 11 is 0. The quantitative estimate of drug-likeness (QED) is 0.692. The third-order valence-corrected chi connectivity index (χ3v) is 2.86. The lowest BCUT2D eigenvalue weighted by molar-refractivity contribution is -0.141. The number of nitrogens with zero attached hydrogens (tertiary/aromatic N) is 2. The summed E-state index contributed by atoms with van der Waals surface area (Å²) in [6.45, 7) is 4.78. The van der Waals surface area contributed by atoms with E-state index in [-0.39, 0.29) is 12.3 Å². The maximum absolute atomic E-state index is 11.4. The smallest absolute Gasteiger partial charge is 0.308 e. The summed E-state index contributed by atoms with van der Waals surface area (Å²) in [6, 6.07) is 0. The Bertz CT molecular complexity index is 255. The van der Waals surface area contributed by atoms with Crippen LogP contribution in [0.4, 0.5) is 0 Å². The van der Waals surface area contributed by atoms with Gasteiger partial charge in [0.1, 0.15) is 0 Å². The van der Waals surface area contributed by atoms with E-state index in [1.54, 1.807) is 4.90 Å². The fourth-order valence-corrected chi connectivity index (χ4v) is 1.60. The lowest BCUT2D eigenvalue weighted by atomic mass is 10.1. The third kappa shape index (κ3) is 3.20. The minimum Gasteiger partial charge on any atom is -0.481 e. The van der Waals surface area contributed by atoms with Gasteiger partial charge in [-0.3, -0.25) is 9.59 Å². The molecule has 0 aromatic rings. The number of likely N-dealkylation sites (N-methyl/N-ethyl adjacent to an activating group) is 1. The van der Waals surface area contributed by atoms with Crippen molar-refractivity contribution in [2.75, 3.05) is 33.2 Å². The van der Waals surface area contributed by atoms with Gasteiger partial charge in [-0.1, -0.05) is 6.92 Å². The van der Waals surface area contributed by atoms with Crippen molar-refractivity contribution in [2.24, 2.45) is 5.92 Å². The second-order valence-electron chi connectivity index (χ2n) is 3.97. The zero-order chi connectivity index (χ0) is 11.4. The van der Waals surface area contributed by atoms with Crippen LogP contribution >= 0.6 is 0 Å². The molecule has 1 aliphatic heterocycles. The molecule has 1 atom stereocenters. The summed E-state index contributed by atoms with van der Waals surface area (Å²) in [6.07, 6.45) is 0.158. The van der Waals surface area contributed by atoms with E-state index in [9.17, 15) is 9.59 Å². The number of carboxylic acids is 1. The number of rotatable bonds is 5. The van der Waals surface area contributed by atoms with Crippen molar-refractivity contribution < 1.29 is 14.7 Å². The van der Waals surface area contributed by atoms with E-state index >= 15 is 0 Å². The number of aliphatic carboxylic acids is 1. The predicted octanol–water partition coefficient (Wildman–Crippen LogP) is -0.129. The van der Waals surface area contributed by atoms with E-state index in [1.807, 2.05) is 14.0 Å². The highest BCUT2D eigenvalue weighted by Crippen LogP contribution is 2.17. The lowest BCUT2D eigenvalue weighted by Crippen LogP contribution is -2.34. The van der Waals surface area contributed by atoms with E-state index in [2.05, 4.69) is 4.90 Å². The molecule has 1 amide bonds. The molecule has 0 bridgehead atoms. The van der Waals surface area contributed by atoms with Crippen LogP contribution in [0.5, 0.6) is 0 Å². The first-order chi connectivity index (χ1) is 7.04. The van der Waals surface area contributed by atoms with Crippen LogP contribution in [0, 0.1) is 5.92 Å². The van der Waals surface area contributed by atoms with E-state index < -0.39 is 11.9 Å². The molecule has 0 aliphatic carbocycles. The molecule has 1 N–H and O–H groups in total. The van der Waals surface area contributed by atoms with Crippen LogP contribution in [0.25, 0.3) is 0 Å². The molecule has 0 aromatic heterocycles. The number of hydrogen-bond donors (Lipinski definition) is 1. The zero-order valence-electron chi connectivity index (χ0n) is 9.27. The van der Waals surface area contributed by atoms with E-state index in [1.165, 1.54) is 0 Å². The second-order valence-corrected chi connectivity index (χ2v) is 3.97. The minimum atomic E-state index is -0.866. The van der Waals surface area contributed by atoms with Crippen LogP contribution in [0.1, 0.15) is 13.3 Å². The SMILES string of the molecule is CCN(C)CCN1CC(C(=O)O)CC1=O. The fourth-order valence-electron chi connectivity index (χ4n) is 1.60.